The Morgan fingerprint density at radius 1 is 1.56 bits per heavy atom. The van der Waals surface area contributed by atoms with E-state index in [4.69, 9.17) is 9.84 Å². The summed E-state index contributed by atoms with van der Waals surface area (Å²) in [5.74, 6) is -1.39. The average molecular weight is 279 g/mol. The van der Waals surface area contributed by atoms with E-state index < -0.39 is 33.4 Å². The van der Waals surface area contributed by atoms with Crippen LogP contribution in [0.15, 0.2) is 0 Å². The predicted octanol–water partition coefficient (Wildman–Crippen LogP) is 0.583. The summed E-state index contributed by atoms with van der Waals surface area (Å²) in [5.41, 5.74) is 0. The van der Waals surface area contributed by atoms with Crippen LogP contribution in [0.4, 0.5) is 0 Å². The van der Waals surface area contributed by atoms with Gasteiger partial charge in [0.1, 0.15) is 11.3 Å². The van der Waals surface area contributed by atoms with Gasteiger partial charge in [-0.1, -0.05) is 20.3 Å². The van der Waals surface area contributed by atoms with Crippen molar-refractivity contribution in [2.24, 2.45) is 5.92 Å². The number of carboxylic acid groups (broad SMARTS) is 1. The van der Waals surface area contributed by atoms with E-state index in [1.54, 1.807) is 13.8 Å². The Kier molecular flexibility index (Phi) is 5.12. The molecule has 0 aromatic carbocycles. The Balaban J connectivity index is 2.82. The topological polar surface area (TPSA) is 92.7 Å². The van der Waals surface area contributed by atoms with Crippen LogP contribution >= 0.6 is 0 Å². The number of carbonyl (C=O) groups is 1. The van der Waals surface area contributed by atoms with Gasteiger partial charge >= 0.3 is 5.97 Å². The van der Waals surface area contributed by atoms with Gasteiger partial charge in [-0.25, -0.2) is 13.1 Å². The summed E-state index contributed by atoms with van der Waals surface area (Å²) in [6.07, 6.45) is 0.605. The minimum absolute atomic E-state index is 0.255. The molecular formula is C11H21NO5S. The fraction of sp³-hybridized carbons (Fsp3) is 0.909. The minimum Gasteiger partial charge on any atom is -0.480 e. The van der Waals surface area contributed by atoms with Gasteiger partial charge in [-0.15, -0.1) is 0 Å². The van der Waals surface area contributed by atoms with E-state index in [-0.39, 0.29) is 5.92 Å². The van der Waals surface area contributed by atoms with E-state index in [1.807, 2.05) is 6.92 Å². The number of sulfonamides is 1. The summed E-state index contributed by atoms with van der Waals surface area (Å²) in [5, 5.41) is 8.43. The van der Waals surface area contributed by atoms with Crippen molar-refractivity contribution in [3.8, 4) is 0 Å². The van der Waals surface area contributed by atoms with Crippen LogP contribution in [0.2, 0.25) is 0 Å². The number of hydrogen-bond acceptors (Lipinski definition) is 4. The van der Waals surface area contributed by atoms with Crippen LogP contribution in [-0.4, -0.2) is 43.5 Å². The third kappa shape index (κ3) is 3.43. The molecule has 1 heterocycles. The van der Waals surface area contributed by atoms with Crippen molar-refractivity contribution in [3.05, 3.63) is 0 Å². The molecule has 1 saturated heterocycles. The van der Waals surface area contributed by atoms with Gasteiger partial charge in [0.05, 0.1) is 6.10 Å². The summed E-state index contributed by atoms with van der Waals surface area (Å²) in [6, 6.07) is -1.08. The number of carboxylic acids is 1. The van der Waals surface area contributed by atoms with Crippen LogP contribution in [0.25, 0.3) is 0 Å². The molecule has 7 heteroatoms. The SMILES string of the molecule is CC[C@H](C)[C@H](NS(=O)(=O)C1CCOC1C)C(=O)O. The number of nitrogens with one attached hydrogen (secondary N) is 1. The number of hydrogen-bond donors (Lipinski definition) is 2. The standard InChI is InChI=1S/C11H21NO5S/c1-4-7(2)10(11(13)14)12-18(15,16)9-5-6-17-8(9)3/h7-10,12H,4-6H2,1-3H3,(H,13,14)/t7-,8?,9?,10-/m0/s1. The molecule has 1 aliphatic heterocycles. The molecule has 4 atom stereocenters. The first-order valence-corrected chi connectivity index (χ1v) is 7.69. The Labute approximate surface area is 108 Å². The lowest BCUT2D eigenvalue weighted by Gasteiger charge is -2.23. The Morgan fingerprint density at radius 3 is 2.56 bits per heavy atom. The second kappa shape index (κ2) is 5.99. The zero-order valence-electron chi connectivity index (χ0n) is 10.9. The number of ether oxygens (including phenoxy) is 1. The second-order valence-corrected chi connectivity index (χ2v) is 6.70. The molecule has 2 N–H and O–H groups in total. The number of rotatable bonds is 6. The number of aliphatic carboxylic acids is 1. The second-order valence-electron chi connectivity index (χ2n) is 4.77. The van der Waals surface area contributed by atoms with Crippen molar-refractivity contribution in [1.29, 1.82) is 0 Å². The van der Waals surface area contributed by atoms with E-state index in [9.17, 15) is 13.2 Å². The van der Waals surface area contributed by atoms with E-state index in [1.165, 1.54) is 0 Å². The third-order valence-corrected chi connectivity index (χ3v) is 5.47. The van der Waals surface area contributed by atoms with Crippen molar-refractivity contribution >= 4 is 16.0 Å². The molecular weight excluding hydrogens is 258 g/mol. The summed E-state index contributed by atoms with van der Waals surface area (Å²) in [7, 11) is -3.66. The summed E-state index contributed by atoms with van der Waals surface area (Å²) >= 11 is 0. The Hall–Kier alpha value is -0.660. The van der Waals surface area contributed by atoms with Crippen molar-refractivity contribution in [2.45, 2.75) is 51.0 Å². The fourth-order valence-corrected chi connectivity index (χ4v) is 3.88. The van der Waals surface area contributed by atoms with Gasteiger partial charge in [-0.05, 0) is 19.3 Å². The highest BCUT2D eigenvalue weighted by Crippen LogP contribution is 2.21. The highest BCUT2D eigenvalue weighted by atomic mass is 32.2. The van der Waals surface area contributed by atoms with Crippen molar-refractivity contribution < 1.29 is 23.1 Å². The molecule has 1 fully saturated rings. The normalized spacial score (nSPS) is 27.9. The molecule has 0 bridgehead atoms. The van der Waals surface area contributed by atoms with Gasteiger partial charge in [-0.2, -0.15) is 0 Å². The van der Waals surface area contributed by atoms with Crippen LogP contribution in [-0.2, 0) is 19.6 Å². The predicted molar refractivity (Wildman–Crippen MR) is 66.8 cm³/mol. The molecule has 106 valence electrons. The maximum Gasteiger partial charge on any atom is 0.322 e. The summed E-state index contributed by atoms with van der Waals surface area (Å²) in [6.45, 7) is 5.63. The molecule has 1 rings (SSSR count). The first kappa shape index (κ1) is 15.4. The van der Waals surface area contributed by atoms with Crippen LogP contribution in [0.3, 0.4) is 0 Å². The molecule has 6 nitrogen and oxygen atoms in total. The molecule has 0 spiro atoms. The fourth-order valence-electron chi connectivity index (χ4n) is 2.03. The van der Waals surface area contributed by atoms with Crippen molar-refractivity contribution in [2.75, 3.05) is 6.61 Å². The zero-order chi connectivity index (χ0) is 13.9. The van der Waals surface area contributed by atoms with E-state index in [2.05, 4.69) is 4.72 Å². The first-order chi connectivity index (χ1) is 8.29. The molecule has 0 aromatic heterocycles. The molecule has 18 heavy (non-hydrogen) atoms. The van der Waals surface area contributed by atoms with Gasteiger partial charge in [0.15, 0.2) is 0 Å². The lowest BCUT2D eigenvalue weighted by molar-refractivity contribution is -0.140. The van der Waals surface area contributed by atoms with Gasteiger partial charge in [0.25, 0.3) is 0 Å². The van der Waals surface area contributed by atoms with E-state index in [0.29, 0.717) is 19.4 Å². The highest BCUT2D eigenvalue weighted by Gasteiger charge is 2.39. The van der Waals surface area contributed by atoms with Crippen LogP contribution in [0.1, 0.15) is 33.6 Å². The lowest BCUT2D eigenvalue weighted by Crippen LogP contribution is -2.49. The smallest absolute Gasteiger partial charge is 0.322 e. The van der Waals surface area contributed by atoms with Gasteiger partial charge in [0.2, 0.25) is 10.0 Å². The molecule has 0 aromatic rings. The highest BCUT2D eigenvalue weighted by molar-refractivity contribution is 7.90. The molecule has 1 aliphatic rings. The van der Waals surface area contributed by atoms with Crippen LogP contribution < -0.4 is 4.72 Å². The quantitative estimate of drug-likeness (QED) is 0.742. The zero-order valence-corrected chi connectivity index (χ0v) is 11.7. The molecule has 0 amide bonds. The van der Waals surface area contributed by atoms with Crippen LogP contribution in [0, 0.1) is 5.92 Å². The van der Waals surface area contributed by atoms with Crippen LogP contribution in [0.5, 0.6) is 0 Å². The molecule has 0 radical (unpaired) electrons. The van der Waals surface area contributed by atoms with E-state index in [0.717, 1.165) is 0 Å². The maximum absolute atomic E-state index is 12.1. The van der Waals surface area contributed by atoms with E-state index >= 15 is 0 Å². The lowest BCUT2D eigenvalue weighted by atomic mass is 10.0. The Morgan fingerprint density at radius 2 is 2.17 bits per heavy atom. The van der Waals surface area contributed by atoms with Gasteiger partial charge < -0.3 is 9.84 Å². The maximum atomic E-state index is 12.1. The van der Waals surface area contributed by atoms with Crippen molar-refractivity contribution in [1.82, 2.24) is 4.72 Å². The summed E-state index contributed by atoms with van der Waals surface area (Å²) < 4.78 is 31.8. The van der Waals surface area contributed by atoms with Gasteiger partial charge in [0, 0.05) is 6.61 Å². The molecule has 0 aliphatic carbocycles. The molecule has 0 saturated carbocycles. The first-order valence-electron chi connectivity index (χ1n) is 6.15. The largest absolute Gasteiger partial charge is 0.480 e. The minimum atomic E-state index is -3.66. The molecule has 2 unspecified atom stereocenters. The van der Waals surface area contributed by atoms with Gasteiger partial charge in [-0.3, -0.25) is 4.79 Å². The Bertz CT molecular complexity index is 394. The summed E-state index contributed by atoms with van der Waals surface area (Å²) in [4.78, 5) is 11.1. The third-order valence-electron chi connectivity index (χ3n) is 3.48. The monoisotopic (exact) mass is 279 g/mol. The van der Waals surface area contributed by atoms with Crippen molar-refractivity contribution in [3.63, 3.8) is 0 Å². The average Bonchev–Trinajstić information content (AvgIpc) is 2.72.